The quantitative estimate of drug-likeness (QED) is 0.628. The molecule has 8 heteroatoms. The first-order valence-corrected chi connectivity index (χ1v) is 9.56. The molecule has 1 heterocycles. The molecule has 0 bridgehead atoms. The second kappa shape index (κ2) is 8.64. The van der Waals surface area contributed by atoms with E-state index in [9.17, 15) is 18.4 Å². The molecular formula is C19H18F2IN3O2. The Morgan fingerprint density at radius 2 is 1.85 bits per heavy atom. The summed E-state index contributed by atoms with van der Waals surface area (Å²) in [7, 11) is 0. The lowest BCUT2D eigenvalue weighted by molar-refractivity contribution is -0.128. The minimum absolute atomic E-state index is 0.0351. The first kappa shape index (κ1) is 19.5. The zero-order valence-corrected chi connectivity index (χ0v) is 16.5. The smallest absolute Gasteiger partial charge is 0.319 e. The Bertz CT molecular complexity index is 825. The zero-order valence-electron chi connectivity index (χ0n) is 14.3. The van der Waals surface area contributed by atoms with Gasteiger partial charge in [-0.05, 0) is 46.7 Å². The molecule has 1 unspecified atom stereocenters. The summed E-state index contributed by atoms with van der Waals surface area (Å²) >= 11 is 1.79. The molecule has 2 aromatic rings. The number of benzene rings is 2. The highest BCUT2D eigenvalue weighted by Crippen LogP contribution is 2.23. The Morgan fingerprint density at radius 3 is 2.44 bits per heavy atom. The maximum Gasteiger partial charge on any atom is 0.319 e. The first-order chi connectivity index (χ1) is 12.9. The average molecular weight is 485 g/mol. The summed E-state index contributed by atoms with van der Waals surface area (Å²) < 4.78 is 28.3. The fraction of sp³-hybridized carbons (Fsp3) is 0.263. The molecule has 0 radical (unpaired) electrons. The van der Waals surface area contributed by atoms with Crippen LogP contribution in [0.15, 0.2) is 42.5 Å². The summed E-state index contributed by atoms with van der Waals surface area (Å²) in [6, 6.07) is 10.2. The van der Waals surface area contributed by atoms with Gasteiger partial charge in [-0.1, -0.05) is 30.3 Å². The number of urea groups is 1. The van der Waals surface area contributed by atoms with E-state index < -0.39 is 29.4 Å². The van der Waals surface area contributed by atoms with Gasteiger partial charge in [-0.3, -0.25) is 4.79 Å². The van der Waals surface area contributed by atoms with Gasteiger partial charge >= 0.3 is 6.03 Å². The third kappa shape index (κ3) is 4.94. The largest absolute Gasteiger partial charge is 0.340 e. The molecule has 2 N–H and O–H groups in total. The number of carbonyl (C=O) groups is 2. The van der Waals surface area contributed by atoms with Gasteiger partial charge in [0, 0.05) is 23.1 Å². The number of anilines is 1. The lowest BCUT2D eigenvalue weighted by Crippen LogP contribution is -2.40. The van der Waals surface area contributed by atoms with E-state index in [0.29, 0.717) is 23.1 Å². The van der Waals surface area contributed by atoms with Crippen molar-refractivity contribution >= 4 is 40.2 Å². The van der Waals surface area contributed by atoms with Gasteiger partial charge in [-0.2, -0.15) is 0 Å². The molecule has 5 nitrogen and oxygen atoms in total. The second-order valence-electron chi connectivity index (χ2n) is 6.25. The Balaban J connectivity index is 1.75. The van der Waals surface area contributed by atoms with E-state index in [-0.39, 0.29) is 5.91 Å². The average Bonchev–Trinajstić information content (AvgIpc) is 3.03. The van der Waals surface area contributed by atoms with Crippen molar-refractivity contribution in [1.82, 2.24) is 10.2 Å². The van der Waals surface area contributed by atoms with Crippen LogP contribution < -0.4 is 10.6 Å². The molecule has 1 aliphatic heterocycles. The van der Waals surface area contributed by atoms with Gasteiger partial charge in [0.1, 0.15) is 5.69 Å². The summed E-state index contributed by atoms with van der Waals surface area (Å²) in [6.07, 6.45) is 1.28. The van der Waals surface area contributed by atoms with Crippen LogP contribution in [-0.2, 0) is 4.79 Å². The molecule has 1 aliphatic rings. The number of halogens is 3. The lowest BCUT2D eigenvalue weighted by atomic mass is 10.1. The van der Waals surface area contributed by atoms with Crippen LogP contribution in [0.2, 0.25) is 0 Å². The number of carbonyl (C=O) groups excluding carboxylic acids is 2. The number of nitrogens with zero attached hydrogens (tertiary/aromatic N) is 1. The van der Waals surface area contributed by atoms with Crippen LogP contribution in [0.4, 0.5) is 19.3 Å². The predicted molar refractivity (Wildman–Crippen MR) is 106 cm³/mol. The summed E-state index contributed by atoms with van der Waals surface area (Å²) in [6.45, 7) is 0.930. The first-order valence-electron chi connectivity index (χ1n) is 8.49. The van der Waals surface area contributed by atoms with Crippen LogP contribution in [0.25, 0.3) is 0 Å². The van der Waals surface area contributed by atoms with Crippen molar-refractivity contribution in [2.75, 3.05) is 18.4 Å². The van der Waals surface area contributed by atoms with E-state index in [2.05, 4.69) is 10.6 Å². The van der Waals surface area contributed by atoms with E-state index in [4.69, 9.17) is 0 Å². The van der Waals surface area contributed by atoms with E-state index in [1.54, 1.807) is 27.5 Å². The van der Waals surface area contributed by atoms with Gasteiger partial charge in [0.25, 0.3) is 0 Å². The molecule has 0 aliphatic carbocycles. The SMILES string of the molecule is O=C(Nc1c(F)cc(I)cc1F)NC(CN1CCCC1=O)c1ccccc1. The molecule has 1 saturated heterocycles. The molecule has 1 fully saturated rings. The van der Waals surface area contributed by atoms with Crippen LogP contribution in [0, 0.1) is 15.2 Å². The molecule has 3 amide bonds. The lowest BCUT2D eigenvalue weighted by Gasteiger charge is -2.25. The molecule has 142 valence electrons. The molecule has 0 spiro atoms. The fourth-order valence-corrected chi connectivity index (χ4v) is 3.55. The van der Waals surface area contributed by atoms with Crippen LogP contribution in [0.1, 0.15) is 24.4 Å². The molecule has 1 atom stereocenters. The van der Waals surface area contributed by atoms with Crippen molar-refractivity contribution in [2.24, 2.45) is 0 Å². The number of amides is 3. The van der Waals surface area contributed by atoms with Crippen molar-refractivity contribution < 1.29 is 18.4 Å². The minimum Gasteiger partial charge on any atom is -0.340 e. The van der Waals surface area contributed by atoms with E-state index in [0.717, 1.165) is 24.1 Å². The van der Waals surface area contributed by atoms with Gasteiger partial charge in [-0.25, -0.2) is 13.6 Å². The highest BCUT2D eigenvalue weighted by molar-refractivity contribution is 14.1. The number of likely N-dealkylation sites (tertiary alicyclic amines) is 1. The minimum atomic E-state index is -0.847. The highest BCUT2D eigenvalue weighted by atomic mass is 127. The standard InChI is InChI=1S/C19H18F2IN3O2/c20-14-9-13(22)10-15(21)18(14)24-19(27)23-16(12-5-2-1-3-6-12)11-25-8-4-7-17(25)26/h1-3,5-6,9-10,16H,4,7-8,11H2,(H2,23,24,27). The second-order valence-corrected chi connectivity index (χ2v) is 7.50. The number of hydrogen-bond acceptors (Lipinski definition) is 2. The molecule has 3 rings (SSSR count). The van der Waals surface area contributed by atoms with Gasteiger partial charge in [0.15, 0.2) is 11.6 Å². The van der Waals surface area contributed by atoms with Gasteiger partial charge in [-0.15, -0.1) is 0 Å². The zero-order chi connectivity index (χ0) is 19.4. The number of rotatable bonds is 5. The van der Waals surface area contributed by atoms with Crippen LogP contribution in [0.5, 0.6) is 0 Å². The molecule has 0 saturated carbocycles. The van der Waals surface area contributed by atoms with Gasteiger partial charge < -0.3 is 15.5 Å². The van der Waals surface area contributed by atoms with E-state index >= 15 is 0 Å². The molecule has 2 aromatic carbocycles. The summed E-state index contributed by atoms with van der Waals surface area (Å²) in [5, 5.41) is 4.95. The van der Waals surface area contributed by atoms with Crippen molar-refractivity contribution in [3.05, 3.63) is 63.2 Å². The Hall–Kier alpha value is -2.23. The third-order valence-corrected chi connectivity index (χ3v) is 4.95. The Kier molecular flexibility index (Phi) is 6.25. The normalized spacial score (nSPS) is 14.9. The third-order valence-electron chi connectivity index (χ3n) is 4.33. The fourth-order valence-electron chi connectivity index (χ4n) is 3.01. The monoisotopic (exact) mass is 485 g/mol. The van der Waals surface area contributed by atoms with Crippen molar-refractivity contribution in [3.63, 3.8) is 0 Å². The molecular weight excluding hydrogens is 467 g/mol. The molecule has 0 aromatic heterocycles. The van der Waals surface area contributed by atoms with Crippen molar-refractivity contribution in [1.29, 1.82) is 0 Å². The topological polar surface area (TPSA) is 61.4 Å². The Morgan fingerprint density at radius 1 is 1.19 bits per heavy atom. The summed E-state index contributed by atoms with van der Waals surface area (Å²) in [5.74, 6) is -1.66. The van der Waals surface area contributed by atoms with Crippen LogP contribution in [0.3, 0.4) is 0 Å². The van der Waals surface area contributed by atoms with E-state index in [1.807, 2.05) is 30.3 Å². The van der Waals surface area contributed by atoms with Crippen molar-refractivity contribution in [2.45, 2.75) is 18.9 Å². The maximum atomic E-state index is 14.0. The molecule has 27 heavy (non-hydrogen) atoms. The van der Waals surface area contributed by atoms with Crippen LogP contribution in [-0.4, -0.2) is 29.9 Å². The van der Waals surface area contributed by atoms with E-state index in [1.165, 1.54) is 0 Å². The Labute approximate surface area is 169 Å². The number of nitrogens with one attached hydrogen (secondary N) is 2. The van der Waals surface area contributed by atoms with Gasteiger partial charge in [0.05, 0.1) is 6.04 Å². The van der Waals surface area contributed by atoms with Crippen LogP contribution >= 0.6 is 22.6 Å². The van der Waals surface area contributed by atoms with Crippen molar-refractivity contribution in [3.8, 4) is 0 Å². The maximum absolute atomic E-state index is 14.0. The highest BCUT2D eigenvalue weighted by Gasteiger charge is 2.25. The van der Waals surface area contributed by atoms with Gasteiger partial charge in [0.2, 0.25) is 5.91 Å². The summed E-state index contributed by atoms with van der Waals surface area (Å²) in [4.78, 5) is 26.0. The number of hydrogen-bond donors (Lipinski definition) is 2. The summed E-state index contributed by atoms with van der Waals surface area (Å²) in [5.41, 5.74) is 0.299. The predicted octanol–water partition coefficient (Wildman–Crippen LogP) is 4.05.